The minimum atomic E-state index is -0.284. The molecule has 1 heterocycles. The van der Waals surface area contributed by atoms with Crippen LogP contribution in [0.25, 0.3) is 16.7 Å². The van der Waals surface area contributed by atoms with Crippen LogP contribution in [0.2, 0.25) is 0 Å². The lowest BCUT2D eigenvalue weighted by Crippen LogP contribution is -2.34. The van der Waals surface area contributed by atoms with Gasteiger partial charge in [0.25, 0.3) is 5.91 Å². The van der Waals surface area contributed by atoms with E-state index in [0.29, 0.717) is 5.56 Å². The molecule has 140 valence electrons. The Hall–Kier alpha value is -2.69. The minimum absolute atomic E-state index is 0.0400. The standard InChI is InChI=1S/C22H24FN3O/c1-15-24-20-13-16(22(27)25-18-8-4-2-3-5-9-18)11-12-21(20)26(15)19-10-6-7-17(23)14-19/h6-7,10-14,18H,2-5,8-9H2,1H3,(H,25,27). The van der Waals surface area contributed by atoms with Crippen LogP contribution in [0.3, 0.4) is 0 Å². The Morgan fingerprint density at radius 3 is 2.63 bits per heavy atom. The molecule has 1 N–H and O–H groups in total. The van der Waals surface area contributed by atoms with Crippen LogP contribution in [0.15, 0.2) is 42.5 Å². The second kappa shape index (κ2) is 7.51. The molecule has 0 radical (unpaired) electrons. The summed E-state index contributed by atoms with van der Waals surface area (Å²) in [6.45, 7) is 1.89. The van der Waals surface area contributed by atoms with Crippen LogP contribution in [-0.4, -0.2) is 21.5 Å². The third kappa shape index (κ3) is 3.72. The first-order valence-corrected chi connectivity index (χ1v) is 9.68. The molecule has 0 saturated heterocycles. The summed E-state index contributed by atoms with van der Waals surface area (Å²) in [5.41, 5.74) is 2.95. The molecule has 0 spiro atoms. The molecule has 0 unspecified atom stereocenters. The van der Waals surface area contributed by atoms with Crippen LogP contribution in [0.5, 0.6) is 0 Å². The average molecular weight is 365 g/mol. The smallest absolute Gasteiger partial charge is 0.251 e. The van der Waals surface area contributed by atoms with E-state index in [1.807, 2.05) is 35.8 Å². The molecule has 1 fully saturated rings. The molecule has 27 heavy (non-hydrogen) atoms. The normalized spacial score (nSPS) is 15.6. The van der Waals surface area contributed by atoms with E-state index in [1.165, 1.54) is 37.8 Å². The zero-order valence-corrected chi connectivity index (χ0v) is 15.5. The van der Waals surface area contributed by atoms with Crippen molar-refractivity contribution in [1.82, 2.24) is 14.9 Å². The highest BCUT2D eigenvalue weighted by molar-refractivity contribution is 5.97. The van der Waals surface area contributed by atoms with Crippen molar-refractivity contribution in [3.05, 3.63) is 59.7 Å². The van der Waals surface area contributed by atoms with Gasteiger partial charge < -0.3 is 5.32 Å². The zero-order valence-electron chi connectivity index (χ0n) is 15.5. The lowest BCUT2D eigenvalue weighted by atomic mass is 10.1. The summed E-state index contributed by atoms with van der Waals surface area (Å²) in [4.78, 5) is 17.3. The summed E-state index contributed by atoms with van der Waals surface area (Å²) < 4.78 is 15.5. The van der Waals surface area contributed by atoms with Gasteiger partial charge in [-0.3, -0.25) is 9.36 Å². The Labute approximate surface area is 158 Å². The van der Waals surface area contributed by atoms with E-state index in [-0.39, 0.29) is 17.8 Å². The van der Waals surface area contributed by atoms with Gasteiger partial charge in [0.05, 0.1) is 16.7 Å². The second-order valence-electron chi connectivity index (χ2n) is 7.34. The van der Waals surface area contributed by atoms with E-state index < -0.39 is 0 Å². The Morgan fingerprint density at radius 2 is 1.89 bits per heavy atom. The number of carbonyl (C=O) groups excluding carboxylic acids is 1. The lowest BCUT2D eigenvalue weighted by Gasteiger charge is -2.16. The summed E-state index contributed by atoms with van der Waals surface area (Å²) in [7, 11) is 0. The summed E-state index contributed by atoms with van der Waals surface area (Å²) in [6, 6.07) is 12.3. The van der Waals surface area contributed by atoms with Crippen molar-refractivity contribution in [2.45, 2.75) is 51.5 Å². The van der Waals surface area contributed by atoms with Crippen molar-refractivity contribution in [3.63, 3.8) is 0 Å². The van der Waals surface area contributed by atoms with Crippen LogP contribution >= 0.6 is 0 Å². The van der Waals surface area contributed by atoms with Gasteiger partial charge in [0.15, 0.2) is 0 Å². The fourth-order valence-electron chi connectivity index (χ4n) is 3.98. The molecule has 2 aromatic carbocycles. The van der Waals surface area contributed by atoms with Crippen LogP contribution in [-0.2, 0) is 0 Å². The number of nitrogens with one attached hydrogen (secondary N) is 1. The first-order chi connectivity index (χ1) is 13.1. The average Bonchev–Trinajstić information content (AvgIpc) is 2.80. The van der Waals surface area contributed by atoms with Crippen molar-refractivity contribution < 1.29 is 9.18 Å². The van der Waals surface area contributed by atoms with Gasteiger partial charge in [-0.15, -0.1) is 0 Å². The van der Waals surface area contributed by atoms with Gasteiger partial charge in [0.2, 0.25) is 0 Å². The van der Waals surface area contributed by atoms with Gasteiger partial charge in [0.1, 0.15) is 11.6 Å². The summed E-state index contributed by atoms with van der Waals surface area (Å²) in [5, 5.41) is 3.18. The number of hydrogen-bond donors (Lipinski definition) is 1. The van der Waals surface area contributed by atoms with Gasteiger partial charge in [0, 0.05) is 11.6 Å². The van der Waals surface area contributed by atoms with E-state index in [0.717, 1.165) is 35.4 Å². The van der Waals surface area contributed by atoms with Gasteiger partial charge in [-0.05, 0) is 56.2 Å². The molecular weight excluding hydrogens is 341 g/mol. The number of nitrogens with zero attached hydrogens (tertiary/aromatic N) is 2. The number of imidazole rings is 1. The number of fused-ring (bicyclic) bond motifs is 1. The van der Waals surface area contributed by atoms with E-state index in [1.54, 1.807) is 6.07 Å². The molecule has 1 aliphatic carbocycles. The minimum Gasteiger partial charge on any atom is -0.349 e. The maximum absolute atomic E-state index is 13.6. The quantitative estimate of drug-likeness (QED) is 0.669. The first kappa shape index (κ1) is 17.7. The number of halogens is 1. The maximum atomic E-state index is 13.6. The SMILES string of the molecule is Cc1nc2cc(C(=O)NC3CCCCCC3)ccc2n1-c1cccc(F)c1. The molecule has 3 aromatic rings. The van der Waals surface area contributed by atoms with Crippen LogP contribution in [0.4, 0.5) is 4.39 Å². The number of hydrogen-bond acceptors (Lipinski definition) is 2. The highest BCUT2D eigenvalue weighted by Crippen LogP contribution is 2.23. The number of carbonyl (C=O) groups is 1. The van der Waals surface area contributed by atoms with Gasteiger partial charge in [-0.1, -0.05) is 31.7 Å². The molecule has 1 aliphatic rings. The van der Waals surface area contributed by atoms with Crippen molar-refractivity contribution in [3.8, 4) is 5.69 Å². The van der Waals surface area contributed by atoms with Crippen molar-refractivity contribution >= 4 is 16.9 Å². The number of rotatable bonds is 3. The highest BCUT2D eigenvalue weighted by Gasteiger charge is 2.17. The molecular formula is C22H24FN3O. The van der Waals surface area contributed by atoms with Crippen molar-refractivity contribution in [2.24, 2.45) is 0 Å². The fourth-order valence-corrected chi connectivity index (χ4v) is 3.98. The number of aryl methyl sites for hydroxylation is 1. The predicted octanol–water partition coefficient (Wildman–Crippen LogP) is 4.93. The second-order valence-corrected chi connectivity index (χ2v) is 7.34. The van der Waals surface area contributed by atoms with E-state index in [4.69, 9.17) is 0 Å². The number of benzene rings is 2. The summed E-state index contributed by atoms with van der Waals surface area (Å²) >= 11 is 0. The largest absolute Gasteiger partial charge is 0.349 e. The van der Waals surface area contributed by atoms with Gasteiger partial charge >= 0.3 is 0 Å². The van der Waals surface area contributed by atoms with Crippen molar-refractivity contribution in [1.29, 1.82) is 0 Å². The highest BCUT2D eigenvalue weighted by atomic mass is 19.1. The third-order valence-electron chi connectivity index (χ3n) is 5.34. The van der Waals surface area contributed by atoms with Gasteiger partial charge in [-0.25, -0.2) is 9.37 Å². The zero-order chi connectivity index (χ0) is 18.8. The fraction of sp³-hybridized carbons (Fsp3) is 0.364. The predicted molar refractivity (Wildman–Crippen MR) is 105 cm³/mol. The molecule has 1 aromatic heterocycles. The molecule has 0 bridgehead atoms. The molecule has 4 nitrogen and oxygen atoms in total. The lowest BCUT2D eigenvalue weighted by molar-refractivity contribution is 0.0933. The van der Waals surface area contributed by atoms with Crippen LogP contribution in [0, 0.1) is 12.7 Å². The molecule has 1 amide bonds. The Kier molecular flexibility index (Phi) is 4.92. The third-order valence-corrected chi connectivity index (χ3v) is 5.34. The Balaban J connectivity index is 1.62. The number of amides is 1. The molecule has 5 heteroatoms. The van der Waals surface area contributed by atoms with Crippen molar-refractivity contribution in [2.75, 3.05) is 0 Å². The van der Waals surface area contributed by atoms with Crippen LogP contribution in [0.1, 0.15) is 54.7 Å². The summed E-state index contributed by atoms with van der Waals surface area (Å²) in [6.07, 6.45) is 7.00. The van der Waals surface area contributed by atoms with E-state index in [2.05, 4.69) is 10.3 Å². The number of aromatic nitrogens is 2. The maximum Gasteiger partial charge on any atom is 0.251 e. The molecule has 0 atom stereocenters. The van der Waals surface area contributed by atoms with Gasteiger partial charge in [-0.2, -0.15) is 0 Å². The molecule has 0 aliphatic heterocycles. The van der Waals surface area contributed by atoms with Crippen LogP contribution < -0.4 is 5.32 Å². The molecule has 1 saturated carbocycles. The topological polar surface area (TPSA) is 46.9 Å². The monoisotopic (exact) mass is 365 g/mol. The Morgan fingerprint density at radius 1 is 1.11 bits per heavy atom. The Bertz CT molecular complexity index is 971. The first-order valence-electron chi connectivity index (χ1n) is 9.68. The summed E-state index contributed by atoms with van der Waals surface area (Å²) in [5.74, 6) is 0.437. The van der Waals surface area contributed by atoms with E-state index >= 15 is 0 Å². The molecule has 4 rings (SSSR count). The van der Waals surface area contributed by atoms with E-state index in [9.17, 15) is 9.18 Å².